The van der Waals surface area contributed by atoms with Gasteiger partial charge in [-0.1, -0.05) is 20.8 Å². The van der Waals surface area contributed by atoms with Crippen LogP contribution in [0.25, 0.3) is 11.0 Å². The molecule has 18 heavy (non-hydrogen) atoms. The maximum atomic E-state index is 12.0. The van der Waals surface area contributed by atoms with Crippen LogP contribution in [0.1, 0.15) is 26.5 Å². The minimum atomic E-state index is -0.231. The summed E-state index contributed by atoms with van der Waals surface area (Å²) in [4.78, 5) is 22.3. The van der Waals surface area contributed by atoms with Crippen molar-refractivity contribution in [3.05, 3.63) is 40.2 Å². The van der Waals surface area contributed by atoms with Crippen LogP contribution in [0.2, 0.25) is 0 Å². The molecule has 0 aliphatic carbocycles. The van der Waals surface area contributed by atoms with Crippen LogP contribution in [0.5, 0.6) is 5.75 Å². The predicted molar refractivity (Wildman–Crippen MR) is 67.9 cm³/mol. The van der Waals surface area contributed by atoms with Crippen molar-refractivity contribution in [2.24, 2.45) is 0 Å². The highest BCUT2D eigenvalue weighted by atomic mass is 16.5. The summed E-state index contributed by atoms with van der Waals surface area (Å²) in [7, 11) is 0. The molecule has 0 amide bonds. The van der Waals surface area contributed by atoms with E-state index < -0.39 is 0 Å². The fourth-order valence-corrected chi connectivity index (χ4v) is 1.63. The molecule has 1 aromatic carbocycles. The molecular weight excluding hydrogens is 232 g/mol. The molecule has 4 nitrogen and oxygen atoms in total. The van der Waals surface area contributed by atoms with Gasteiger partial charge in [0.05, 0.1) is 5.39 Å². The van der Waals surface area contributed by atoms with Gasteiger partial charge in [0.2, 0.25) is 0 Å². The molecule has 0 aliphatic heterocycles. The van der Waals surface area contributed by atoms with Crippen molar-refractivity contribution in [3.8, 4) is 5.75 Å². The zero-order chi connectivity index (χ0) is 13.3. The first kappa shape index (κ1) is 12.4. The molecule has 0 atom stereocenters. The van der Waals surface area contributed by atoms with Gasteiger partial charge in [-0.2, -0.15) is 0 Å². The summed E-state index contributed by atoms with van der Waals surface area (Å²) in [5.41, 5.74) is 0.119. The lowest BCUT2D eigenvalue weighted by Crippen LogP contribution is -2.14. The van der Waals surface area contributed by atoms with E-state index in [1.807, 2.05) is 20.8 Å². The Labute approximate surface area is 104 Å². The molecular formula is C14H14O4. The predicted octanol–water partition coefficient (Wildman–Crippen LogP) is 2.63. The van der Waals surface area contributed by atoms with Crippen LogP contribution in [-0.2, 0) is 10.2 Å². The second-order valence-electron chi connectivity index (χ2n) is 5.10. The van der Waals surface area contributed by atoms with Gasteiger partial charge in [-0.15, -0.1) is 0 Å². The number of hydrogen-bond donors (Lipinski definition) is 0. The molecule has 0 aliphatic rings. The summed E-state index contributed by atoms with van der Waals surface area (Å²) in [5, 5.41) is 0.405. The highest BCUT2D eigenvalue weighted by molar-refractivity contribution is 5.78. The van der Waals surface area contributed by atoms with E-state index in [9.17, 15) is 9.59 Å². The number of carbonyl (C=O) groups is 1. The summed E-state index contributed by atoms with van der Waals surface area (Å²) < 4.78 is 10.4. The summed E-state index contributed by atoms with van der Waals surface area (Å²) in [6.07, 6.45) is 0. The third-order valence-electron chi connectivity index (χ3n) is 2.62. The molecule has 0 unspecified atom stereocenters. The molecule has 0 N–H and O–H groups in total. The minimum absolute atomic E-state index is 0.141. The first-order valence-electron chi connectivity index (χ1n) is 5.60. The number of rotatable bonds is 2. The number of benzene rings is 1. The van der Waals surface area contributed by atoms with Crippen molar-refractivity contribution >= 4 is 17.4 Å². The average Bonchev–Trinajstić information content (AvgIpc) is 2.29. The second-order valence-corrected chi connectivity index (χ2v) is 5.10. The molecule has 0 saturated heterocycles. The zero-order valence-electron chi connectivity index (χ0n) is 10.5. The summed E-state index contributed by atoms with van der Waals surface area (Å²) in [5.74, 6) is 0.956. The molecule has 0 saturated carbocycles. The normalized spacial score (nSPS) is 11.5. The highest BCUT2D eigenvalue weighted by Crippen LogP contribution is 2.25. The van der Waals surface area contributed by atoms with Crippen LogP contribution in [0.4, 0.5) is 0 Å². The number of carbonyl (C=O) groups excluding carboxylic acids is 1. The highest BCUT2D eigenvalue weighted by Gasteiger charge is 2.18. The lowest BCUT2D eigenvalue weighted by molar-refractivity contribution is -0.120. The Balaban J connectivity index is 2.66. The van der Waals surface area contributed by atoms with Gasteiger partial charge in [0.1, 0.15) is 17.1 Å². The minimum Gasteiger partial charge on any atom is -0.460 e. The number of hydrogen-bond acceptors (Lipinski definition) is 4. The number of ether oxygens (including phenoxy) is 1. The van der Waals surface area contributed by atoms with Crippen molar-refractivity contribution in [3.63, 3.8) is 0 Å². The molecule has 2 aromatic rings. The Morgan fingerprint density at radius 2 is 1.94 bits per heavy atom. The van der Waals surface area contributed by atoms with Gasteiger partial charge in [0, 0.05) is 11.5 Å². The van der Waals surface area contributed by atoms with Gasteiger partial charge in [0.15, 0.2) is 5.43 Å². The van der Waals surface area contributed by atoms with Gasteiger partial charge in [0.25, 0.3) is 6.47 Å². The summed E-state index contributed by atoms with van der Waals surface area (Å²) in [6, 6.07) is 6.20. The standard InChI is InChI=1S/C14H14O4/c1-14(2,3)13-7-11(16)10-6-9(17-8-15)4-5-12(10)18-13/h4-8H,1-3H3. The molecule has 2 rings (SSSR count). The summed E-state index contributed by atoms with van der Waals surface area (Å²) >= 11 is 0. The Morgan fingerprint density at radius 3 is 2.56 bits per heavy atom. The molecule has 0 radical (unpaired) electrons. The SMILES string of the molecule is CC(C)(C)c1cc(=O)c2cc(OC=O)ccc2o1. The molecule has 0 bridgehead atoms. The molecule has 1 aromatic heterocycles. The van der Waals surface area contributed by atoms with Crippen molar-refractivity contribution in [2.45, 2.75) is 26.2 Å². The maximum Gasteiger partial charge on any atom is 0.298 e. The van der Waals surface area contributed by atoms with Crippen molar-refractivity contribution < 1.29 is 13.9 Å². The van der Waals surface area contributed by atoms with Crippen LogP contribution < -0.4 is 10.2 Å². The Hall–Kier alpha value is -2.10. The van der Waals surface area contributed by atoms with Gasteiger partial charge < -0.3 is 9.15 Å². The van der Waals surface area contributed by atoms with E-state index >= 15 is 0 Å². The first-order valence-corrected chi connectivity index (χ1v) is 5.60. The van der Waals surface area contributed by atoms with Gasteiger partial charge in [-0.3, -0.25) is 9.59 Å². The molecule has 94 valence electrons. The smallest absolute Gasteiger partial charge is 0.298 e. The third kappa shape index (κ3) is 2.27. The van der Waals surface area contributed by atoms with Gasteiger partial charge in [-0.05, 0) is 18.2 Å². The Bertz CT molecular complexity index is 647. The average molecular weight is 246 g/mol. The lowest BCUT2D eigenvalue weighted by Gasteiger charge is -2.17. The molecule has 0 spiro atoms. The van der Waals surface area contributed by atoms with E-state index in [0.717, 1.165) is 0 Å². The third-order valence-corrected chi connectivity index (χ3v) is 2.62. The van der Waals surface area contributed by atoms with Crippen LogP contribution >= 0.6 is 0 Å². The van der Waals surface area contributed by atoms with E-state index in [2.05, 4.69) is 0 Å². The molecule has 0 fully saturated rings. The molecule has 1 heterocycles. The largest absolute Gasteiger partial charge is 0.460 e. The van der Waals surface area contributed by atoms with E-state index in [-0.39, 0.29) is 10.8 Å². The lowest BCUT2D eigenvalue weighted by atomic mass is 9.92. The van der Waals surface area contributed by atoms with Crippen LogP contribution in [0, 0.1) is 0 Å². The van der Waals surface area contributed by atoms with Crippen LogP contribution in [0.15, 0.2) is 33.5 Å². The quantitative estimate of drug-likeness (QED) is 0.764. The number of fused-ring (bicyclic) bond motifs is 1. The first-order chi connectivity index (χ1) is 8.41. The van der Waals surface area contributed by atoms with Crippen molar-refractivity contribution in [1.82, 2.24) is 0 Å². The van der Waals surface area contributed by atoms with Gasteiger partial charge in [-0.25, -0.2) is 0 Å². The van der Waals surface area contributed by atoms with Gasteiger partial charge >= 0.3 is 0 Å². The van der Waals surface area contributed by atoms with Crippen LogP contribution in [0.3, 0.4) is 0 Å². The Kier molecular flexibility index (Phi) is 2.95. The Morgan fingerprint density at radius 1 is 1.22 bits per heavy atom. The fourth-order valence-electron chi connectivity index (χ4n) is 1.63. The monoisotopic (exact) mass is 246 g/mol. The maximum absolute atomic E-state index is 12.0. The molecule has 4 heteroatoms. The zero-order valence-corrected chi connectivity index (χ0v) is 10.5. The fraction of sp³-hybridized carbons (Fsp3) is 0.286. The van der Waals surface area contributed by atoms with Crippen molar-refractivity contribution in [1.29, 1.82) is 0 Å². The second kappa shape index (κ2) is 4.29. The van der Waals surface area contributed by atoms with E-state index in [1.54, 1.807) is 12.1 Å². The topological polar surface area (TPSA) is 56.5 Å². The van der Waals surface area contributed by atoms with Crippen molar-refractivity contribution in [2.75, 3.05) is 0 Å². The van der Waals surface area contributed by atoms with E-state index in [1.165, 1.54) is 12.1 Å². The summed E-state index contributed by atoms with van der Waals surface area (Å²) in [6.45, 7) is 6.25. The van der Waals surface area contributed by atoms with E-state index in [0.29, 0.717) is 29.0 Å². The van der Waals surface area contributed by atoms with E-state index in [4.69, 9.17) is 9.15 Å². The van der Waals surface area contributed by atoms with Crippen LogP contribution in [-0.4, -0.2) is 6.47 Å².